The topological polar surface area (TPSA) is 35.6 Å². The summed E-state index contributed by atoms with van der Waals surface area (Å²) in [7, 11) is 0. The Labute approximate surface area is 110 Å². The molecule has 19 heavy (non-hydrogen) atoms. The summed E-state index contributed by atoms with van der Waals surface area (Å²) in [5.41, 5.74) is 0. The number of carbonyl (C=O) groups excluding carboxylic acids is 1. The van der Waals surface area contributed by atoms with E-state index in [4.69, 9.17) is 0 Å². The number of halogens is 3. The van der Waals surface area contributed by atoms with Gasteiger partial charge in [0.15, 0.2) is 0 Å². The van der Waals surface area contributed by atoms with E-state index in [0.29, 0.717) is 19.1 Å². The fraction of sp³-hybridized carbons (Fsp3) is 0.917. The number of nitrogens with zero attached hydrogens (tertiary/aromatic N) is 2. The van der Waals surface area contributed by atoms with Crippen LogP contribution in [-0.4, -0.2) is 67.2 Å². The van der Waals surface area contributed by atoms with Crippen LogP contribution in [0.4, 0.5) is 13.2 Å². The molecule has 0 bridgehead atoms. The van der Waals surface area contributed by atoms with Crippen molar-refractivity contribution in [3.63, 3.8) is 0 Å². The number of fused-ring (bicyclic) bond motifs is 1. The minimum absolute atomic E-state index is 0.227. The molecule has 1 unspecified atom stereocenters. The number of rotatable bonds is 3. The van der Waals surface area contributed by atoms with Gasteiger partial charge >= 0.3 is 6.18 Å². The molecule has 2 aliphatic heterocycles. The van der Waals surface area contributed by atoms with Crippen molar-refractivity contribution in [3.05, 3.63) is 0 Å². The Morgan fingerprint density at radius 3 is 2.74 bits per heavy atom. The lowest BCUT2D eigenvalue weighted by Gasteiger charge is -2.44. The predicted molar refractivity (Wildman–Crippen MR) is 64.7 cm³/mol. The van der Waals surface area contributed by atoms with Crippen LogP contribution < -0.4 is 5.32 Å². The average molecular weight is 279 g/mol. The summed E-state index contributed by atoms with van der Waals surface area (Å²) in [6, 6.07) is 0.397. The van der Waals surface area contributed by atoms with Gasteiger partial charge in [-0.25, -0.2) is 0 Å². The smallest absolute Gasteiger partial charge is 0.339 e. The number of alkyl halides is 3. The Hall–Kier alpha value is -0.820. The Kier molecular flexibility index (Phi) is 4.67. The van der Waals surface area contributed by atoms with E-state index in [1.807, 2.05) is 0 Å². The summed E-state index contributed by atoms with van der Waals surface area (Å²) >= 11 is 0. The molecule has 0 spiro atoms. The third-order valence-corrected chi connectivity index (χ3v) is 3.79. The van der Waals surface area contributed by atoms with Crippen molar-refractivity contribution in [2.45, 2.75) is 31.5 Å². The van der Waals surface area contributed by atoms with Gasteiger partial charge in [0, 0.05) is 25.7 Å². The van der Waals surface area contributed by atoms with Crippen LogP contribution in [0, 0.1) is 0 Å². The van der Waals surface area contributed by atoms with Gasteiger partial charge in [0.05, 0.1) is 13.1 Å². The lowest BCUT2D eigenvalue weighted by Crippen LogP contribution is -2.57. The van der Waals surface area contributed by atoms with Crippen LogP contribution in [-0.2, 0) is 4.79 Å². The fourth-order valence-electron chi connectivity index (χ4n) is 2.81. The first-order valence-corrected chi connectivity index (χ1v) is 6.75. The normalized spacial score (nSPS) is 25.2. The van der Waals surface area contributed by atoms with Gasteiger partial charge in [-0.05, 0) is 19.4 Å². The van der Waals surface area contributed by atoms with E-state index >= 15 is 0 Å². The average Bonchev–Trinajstić information content (AvgIpc) is 2.36. The van der Waals surface area contributed by atoms with E-state index in [1.165, 1.54) is 12.8 Å². The molecule has 0 aromatic heterocycles. The highest BCUT2D eigenvalue weighted by molar-refractivity contribution is 5.78. The molecule has 0 aromatic carbocycles. The van der Waals surface area contributed by atoms with Gasteiger partial charge in [0.25, 0.3) is 0 Å². The van der Waals surface area contributed by atoms with E-state index < -0.39 is 12.7 Å². The SMILES string of the molecule is O=C(CNCC(F)(F)F)N1CCN2CCCCC2C1. The van der Waals surface area contributed by atoms with Crippen molar-refractivity contribution in [2.75, 3.05) is 39.3 Å². The highest BCUT2D eigenvalue weighted by Gasteiger charge is 2.31. The van der Waals surface area contributed by atoms with Gasteiger partial charge in [-0.3, -0.25) is 9.69 Å². The van der Waals surface area contributed by atoms with Crippen molar-refractivity contribution in [1.29, 1.82) is 0 Å². The standard InChI is InChI=1S/C12H20F3N3O/c13-12(14,15)9-16-7-11(19)18-6-5-17-4-2-1-3-10(17)8-18/h10,16H,1-9H2. The Morgan fingerprint density at radius 2 is 2.00 bits per heavy atom. The molecule has 1 amide bonds. The Bertz CT molecular complexity index is 322. The van der Waals surface area contributed by atoms with Crippen LogP contribution in [0.25, 0.3) is 0 Å². The molecule has 2 aliphatic rings. The summed E-state index contributed by atoms with van der Waals surface area (Å²) in [5, 5.41) is 2.16. The molecule has 2 fully saturated rings. The van der Waals surface area contributed by atoms with Crippen molar-refractivity contribution in [3.8, 4) is 0 Å². The number of piperidine rings is 1. The third kappa shape index (κ3) is 4.35. The molecular weight excluding hydrogens is 259 g/mol. The predicted octanol–water partition coefficient (Wildman–Crippen LogP) is 0.835. The second-order valence-electron chi connectivity index (χ2n) is 5.24. The maximum atomic E-state index is 12.0. The van der Waals surface area contributed by atoms with E-state index in [2.05, 4.69) is 10.2 Å². The highest BCUT2D eigenvalue weighted by atomic mass is 19.4. The zero-order chi connectivity index (χ0) is 13.9. The first-order chi connectivity index (χ1) is 8.96. The number of hydrogen-bond donors (Lipinski definition) is 1. The molecular formula is C12H20F3N3O. The monoisotopic (exact) mass is 279 g/mol. The summed E-state index contributed by atoms with van der Waals surface area (Å²) < 4.78 is 35.9. The van der Waals surface area contributed by atoms with Crippen LogP contribution in [0.2, 0.25) is 0 Å². The number of carbonyl (C=O) groups is 1. The van der Waals surface area contributed by atoms with Gasteiger partial charge in [-0.15, -0.1) is 0 Å². The molecule has 2 rings (SSSR count). The zero-order valence-electron chi connectivity index (χ0n) is 10.9. The van der Waals surface area contributed by atoms with E-state index in [-0.39, 0.29) is 12.5 Å². The lowest BCUT2D eigenvalue weighted by atomic mass is 9.99. The van der Waals surface area contributed by atoms with Crippen LogP contribution in [0.15, 0.2) is 0 Å². The second kappa shape index (κ2) is 6.09. The molecule has 0 aliphatic carbocycles. The number of piperazine rings is 1. The van der Waals surface area contributed by atoms with Gasteiger partial charge in [0.2, 0.25) is 5.91 Å². The molecule has 1 N–H and O–H groups in total. The first-order valence-electron chi connectivity index (χ1n) is 6.75. The minimum atomic E-state index is -4.26. The van der Waals surface area contributed by atoms with Gasteiger partial charge < -0.3 is 10.2 Å². The van der Waals surface area contributed by atoms with Crippen LogP contribution in [0.3, 0.4) is 0 Å². The fourth-order valence-corrected chi connectivity index (χ4v) is 2.81. The van der Waals surface area contributed by atoms with Crippen molar-refractivity contribution >= 4 is 5.91 Å². The largest absolute Gasteiger partial charge is 0.401 e. The summed E-state index contributed by atoms with van der Waals surface area (Å²) in [5.74, 6) is -0.227. The molecule has 0 aromatic rings. The molecule has 2 heterocycles. The van der Waals surface area contributed by atoms with E-state index in [0.717, 1.165) is 19.5 Å². The van der Waals surface area contributed by atoms with Crippen molar-refractivity contribution < 1.29 is 18.0 Å². The summed E-state index contributed by atoms with van der Waals surface area (Å²) in [6.45, 7) is 1.87. The summed E-state index contributed by atoms with van der Waals surface area (Å²) in [4.78, 5) is 15.9. The highest BCUT2D eigenvalue weighted by Crippen LogP contribution is 2.21. The Morgan fingerprint density at radius 1 is 1.21 bits per heavy atom. The Balaban J connectivity index is 1.74. The molecule has 4 nitrogen and oxygen atoms in total. The third-order valence-electron chi connectivity index (χ3n) is 3.79. The number of nitrogens with one attached hydrogen (secondary N) is 1. The van der Waals surface area contributed by atoms with Crippen LogP contribution in [0.5, 0.6) is 0 Å². The molecule has 110 valence electrons. The van der Waals surface area contributed by atoms with Gasteiger partial charge in [-0.1, -0.05) is 6.42 Å². The van der Waals surface area contributed by atoms with Crippen molar-refractivity contribution in [1.82, 2.24) is 15.1 Å². The number of amides is 1. The molecule has 0 saturated carbocycles. The van der Waals surface area contributed by atoms with Crippen LogP contribution >= 0.6 is 0 Å². The molecule has 7 heteroatoms. The maximum absolute atomic E-state index is 12.0. The van der Waals surface area contributed by atoms with Gasteiger partial charge in [-0.2, -0.15) is 13.2 Å². The van der Waals surface area contributed by atoms with Gasteiger partial charge in [0.1, 0.15) is 0 Å². The quantitative estimate of drug-likeness (QED) is 0.831. The van der Waals surface area contributed by atoms with E-state index in [1.54, 1.807) is 4.90 Å². The number of hydrogen-bond acceptors (Lipinski definition) is 3. The molecule has 1 atom stereocenters. The lowest BCUT2D eigenvalue weighted by molar-refractivity contribution is -0.137. The zero-order valence-corrected chi connectivity index (χ0v) is 10.9. The van der Waals surface area contributed by atoms with Crippen LogP contribution in [0.1, 0.15) is 19.3 Å². The molecule has 2 saturated heterocycles. The van der Waals surface area contributed by atoms with E-state index in [9.17, 15) is 18.0 Å². The van der Waals surface area contributed by atoms with Crippen molar-refractivity contribution in [2.24, 2.45) is 0 Å². The summed E-state index contributed by atoms with van der Waals surface area (Å²) in [6.07, 6.45) is -0.796. The first kappa shape index (κ1) is 14.6. The molecule has 0 radical (unpaired) electrons. The second-order valence-corrected chi connectivity index (χ2v) is 5.24. The minimum Gasteiger partial charge on any atom is -0.339 e. The maximum Gasteiger partial charge on any atom is 0.401 e.